The number of amides is 2. The lowest BCUT2D eigenvalue weighted by molar-refractivity contribution is -0.0591. The first-order chi connectivity index (χ1) is 29.7. The zero-order chi connectivity index (χ0) is 44.8. The number of fused-ring (bicyclic) bond motifs is 6. The first kappa shape index (κ1) is 43.2. The van der Waals surface area contributed by atoms with Crippen molar-refractivity contribution >= 4 is 55.3 Å². The van der Waals surface area contributed by atoms with Crippen molar-refractivity contribution in [2.24, 2.45) is 5.41 Å². The van der Waals surface area contributed by atoms with E-state index in [1.54, 1.807) is 25.7 Å². The lowest BCUT2D eigenvalue weighted by Crippen LogP contribution is -2.56. The fourth-order valence-electron chi connectivity index (χ4n) is 9.32. The molecule has 1 aliphatic carbocycles. The van der Waals surface area contributed by atoms with E-state index in [-0.39, 0.29) is 107 Å². The summed E-state index contributed by atoms with van der Waals surface area (Å²) in [6.07, 6.45) is 2.40. The van der Waals surface area contributed by atoms with Gasteiger partial charge in [0.2, 0.25) is 0 Å². The van der Waals surface area contributed by atoms with Gasteiger partial charge in [-0.25, -0.2) is 27.2 Å². The summed E-state index contributed by atoms with van der Waals surface area (Å²) in [4.78, 5) is 46.2. The van der Waals surface area contributed by atoms with Crippen molar-refractivity contribution in [3.8, 4) is 23.3 Å². The molecule has 2 bridgehead atoms. The summed E-state index contributed by atoms with van der Waals surface area (Å²) in [5.74, 6) is -3.82. The third kappa shape index (κ3) is 8.41. The van der Waals surface area contributed by atoms with Crippen molar-refractivity contribution in [1.29, 1.82) is 5.26 Å². The molecule has 7 heterocycles. The third-order valence-corrected chi connectivity index (χ3v) is 13.5. The lowest BCUT2D eigenvalue weighted by atomic mass is 9.93. The number of nitrogens with one attached hydrogen (secondary N) is 1. The van der Waals surface area contributed by atoms with Gasteiger partial charge >= 0.3 is 18.2 Å². The highest BCUT2D eigenvalue weighted by Crippen LogP contribution is 2.50. The average Bonchev–Trinajstić information content (AvgIpc) is 3.47. The number of nitrogens with zero attached hydrogens (tertiary/aromatic N) is 7. The van der Waals surface area contributed by atoms with Crippen LogP contribution in [0.1, 0.15) is 96.8 Å². The number of carbonyl (C=O) groups excluding carboxylic acids is 2. The van der Waals surface area contributed by atoms with Gasteiger partial charge in [-0.3, -0.25) is 10.3 Å². The minimum absolute atomic E-state index is 0.00845. The van der Waals surface area contributed by atoms with Crippen LogP contribution < -0.4 is 15.0 Å². The van der Waals surface area contributed by atoms with Crippen LogP contribution in [0.25, 0.3) is 32.2 Å². The number of aromatic nitrogens is 3. The molecule has 19 heteroatoms. The van der Waals surface area contributed by atoms with Gasteiger partial charge in [0.25, 0.3) is 5.92 Å². The standard InChI is InChI=1S/C44H50F4N8O6S/c1-41(2,3)61-39(57)53-37-25(15-49)30-33(50-16-28(45)35(30)63-37)29-26-19-59-20-27(26)31-34(32(29)46)51-38(60-22-43(9-10-43)21-54-13-11-44(47,48)12-14-54)52-36(31)56-23-7-8-24(56)18-55(17-23)40(58)62-42(4,5)6/h16,23-24H,7-14,17-22H2,1-6H3,(H,53,57). The molecular formula is C44H50F4N8O6S. The average molecular weight is 895 g/mol. The number of nitriles is 1. The Morgan fingerprint density at radius 3 is 2.27 bits per heavy atom. The predicted molar refractivity (Wildman–Crippen MR) is 226 cm³/mol. The highest BCUT2D eigenvalue weighted by molar-refractivity contribution is 7.23. The Hall–Kier alpha value is -5.06. The van der Waals surface area contributed by atoms with Gasteiger partial charge in [-0.05, 0) is 78.4 Å². The van der Waals surface area contributed by atoms with Crippen LogP contribution in [0.4, 0.5) is 38.0 Å². The molecule has 0 spiro atoms. The number of alkyl halides is 2. The van der Waals surface area contributed by atoms with Crippen LogP contribution >= 0.6 is 11.3 Å². The highest BCUT2D eigenvalue weighted by Gasteiger charge is 2.48. The zero-order valence-corrected chi connectivity index (χ0v) is 36.9. The fraction of sp³-hybridized carbons (Fsp3) is 0.591. The maximum atomic E-state index is 17.9. The number of rotatable bonds is 8. The number of piperidine rings is 1. The van der Waals surface area contributed by atoms with Crippen molar-refractivity contribution in [1.82, 2.24) is 24.8 Å². The molecule has 14 nitrogen and oxygen atoms in total. The van der Waals surface area contributed by atoms with Crippen LogP contribution in [0, 0.1) is 28.4 Å². The van der Waals surface area contributed by atoms with Crippen molar-refractivity contribution in [3.05, 3.63) is 34.5 Å². The van der Waals surface area contributed by atoms with Gasteiger partial charge in [0.1, 0.15) is 33.6 Å². The number of halogens is 4. The van der Waals surface area contributed by atoms with E-state index in [1.807, 2.05) is 25.7 Å². The molecule has 9 rings (SSSR count). The van der Waals surface area contributed by atoms with E-state index in [0.29, 0.717) is 42.0 Å². The number of hydrogen-bond donors (Lipinski definition) is 1. The first-order valence-corrected chi connectivity index (χ1v) is 22.2. The number of hydrogen-bond acceptors (Lipinski definition) is 13. The first-order valence-electron chi connectivity index (χ1n) is 21.4. The normalized spacial score (nSPS) is 21.7. The molecule has 3 saturated heterocycles. The number of anilines is 2. The quantitative estimate of drug-likeness (QED) is 0.168. The Kier molecular flexibility index (Phi) is 10.7. The van der Waals surface area contributed by atoms with E-state index in [4.69, 9.17) is 28.9 Å². The van der Waals surface area contributed by atoms with Crippen molar-refractivity contribution in [2.45, 2.75) is 122 Å². The summed E-state index contributed by atoms with van der Waals surface area (Å²) < 4.78 is 85.1. The molecular weight excluding hydrogens is 845 g/mol. The van der Waals surface area contributed by atoms with Crippen LogP contribution in [-0.4, -0.2) is 105 Å². The molecule has 4 aliphatic heterocycles. The summed E-state index contributed by atoms with van der Waals surface area (Å²) >= 11 is 0.811. The van der Waals surface area contributed by atoms with E-state index in [2.05, 4.69) is 21.3 Å². The molecule has 1 saturated carbocycles. The summed E-state index contributed by atoms with van der Waals surface area (Å²) in [5, 5.41) is 13.5. The molecule has 0 radical (unpaired) electrons. The monoisotopic (exact) mass is 894 g/mol. The molecule has 2 amide bonds. The van der Waals surface area contributed by atoms with Crippen LogP contribution in [-0.2, 0) is 27.4 Å². The van der Waals surface area contributed by atoms with E-state index in [0.717, 1.165) is 43.2 Å². The summed E-state index contributed by atoms with van der Waals surface area (Å²) in [6.45, 7) is 12.5. The second kappa shape index (κ2) is 15.6. The Bertz CT molecular complexity index is 2540. The van der Waals surface area contributed by atoms with Gasteiger partial charge < -0.3 is 33.6 Å². The van der Waals surface area contributed by atoms with Crippen LogP contribution in [0.5, 0.6) is 6.01 Å². The Balaban J connectivity index is 1.15. The molecule has 3 aromatic heterocycles. The number of pyridine rings is 1. The van der Waals surface area contributed by atoms with E-state index < -0.39 is 40.9 Å². The Morgan fingerprint density at radius 1 is 0.968 bits per heavy atom. The minimum Gasteiger partial charge on any atom is -0.463 e. The smallest absolute Gasteiger partial charge is 0.412 e. The van der Waals surface area contributed by atoms with E-state index in [1.165, 1.54) is 0 Å². The number of thiophene rings is 1. The fourth-order valence-corrected chi connectivity index (χ4v) is 10.4. The second-order valence-electron chi connectivity index (χ2n) is 19.5. The van der Waals surface area contributed by atoms with Gasteiger partial charge in [0.05, 0.1) is 47.4 Å². The lowest BCUT2D eigenvalue weighted by Gasteiger charge is -2.42. The molecule has 1 aromatic carbocycles. The van der Waals surface area contributed by atoms with E-state index in [9.17, 15) is 23.6 Å². The minimum atomic E-state index is -2.67. The van der Waals surface area contributed by atoms with Gasteiger partial charge in [-0.2, -0.15) is 15.2 Å². The number of piperazine rings is 1. The number of carbonyl (C=O) groups is 2. The predicted octanol–water partition coefficient (Wildman–Crippen LogP) is 8.91. The second-order valence-corrected chi connectivity index (χ2v) is 20.5. The maximum Gasteiger partial charge on any atom is 0.412 e. The Morgan fingerprint density at radius 2 is 1.63 bits per heavy atom. The number of likely N-dealkylation sites (tertiary alicyclic amines) is 2. The summed E-state index contributed by atoms with van der Waals surface area (Å²) in [6, 6.07) is 1.59. The summed E-state index contributed by atoms with van der Waals surface area (Å²) in [5.41, 5.74) is -1.10. The van der Waals surface area contributed by atoms with Crippen molar-refractivity contribution < 1.29 is 46.1 Å². The molecule has 336 valence electrons. The molecule has 4 fully saturated rings. The van der Waals surface area contributed by atoms with Crippen LogP contribution in [0.15, 0.2) is 6.20 Å². The zero-order valence-electron chi connectivity index (χ0n) is 36.1. The van der Waals surface area contributed by atoms with Gasteiger partial charge in [-0.15, -0.1) is 11.3 Å². The molecule has 5 aliphatic rings. The summed E-state index contributed by atoms with van der Waals surface area (Å²) in [7, 11) is 0. The number of ether oxygens (including phenoxy) is 4. The Labute approximate surface area is 365 Å². The molecule has 1 N–H and O–H groups in total. The van der Waals surface area contributed by atoms with Crippen LogP contribution in [0.2, 0.25) is 0 Å². The van der Waals surface area contributed by atoms with Gasteiger partial charge in [0, 0.05) is 74.0 Å². The SMILES string of the molecule is CC(C)(C)OC(=O)Nc1sc2c(F)cnc(-c3c4c(c5c(N6C7CCC6CN(C(=O)OC(C)(C)C)C7)nc(OCC6(CN7CCC(F)(F)CC7)CC6)nc5c3F)COC4)c2c1C#N. The van der Waals surface area contributed by atoms with E-state index >= 15 is 8.78 Å². The third-order valence-electron chi connectivity index (χ3n) is 12.4. The topological polar surface area (TPSA) is 155 Å². The van der Waals surface area contributed by atoms with Crippen LogP contribution in [0.3, 0.4) is 0 Å². The maximum absolute atomic E-state index is 17.9. The number of benzene rings is 1. The molecule has 2 unspecified atom stereocenters. The molecule has 2 atom stereocenters. The van der Waals surface area contributed by atoms with Gasteiger partial charge in [0.15, 0.2) is 11.6 Å². The largest absolute Gasteiger partial charge is 0.463 e. The highest BCUT2D eigenvalue weighted by atomic mass is 32.1. The van der Waals surface area contributed by atoms with Crippen molar-refractivity contribution in [3.63, 3.8) is 0 Å². The van der Waals surface area contributed by atoms with Gasteiger partial charge in [-0.1, -0.05) is 0 Å². The van der Waals surface area contributed by atoms with Crippen molar-refractivity contribution in [2.75, 3.05) is 49.5 Å². The molecule has 4 aromatic rings. The molecule has 63 heavy (non-hydrogen) atoms.